The highest BCUT2D eigenvalue weighted by molar-refractivity contribution is 6.04. The van der Waals surface area contributed by atoms with Crippen molar-refractivity contribution in [3.8, 4) is 0 Å². The van der Waals surface area contributed by atoms with Crippen molar-refractivity contribution < 1.29 is 23.9 Å². The molecule has 0 unspecified atom stereocenters. The summed E-state index contributed by atoms with van der Waals surface area (Å²) in [6, 6.07) is 9.42. The van der Waals surface area contributed by atoms with Crippen LogP contribution in [-0.4, -0.2) is 78.3 Å². The minimum absolute atomic E-state index is 0.0606. The van der Waals surface area contributed by atoms with E-state index in [0.29, 0.717) is 13.1 Å². The highest BCUT2D eigenvalue weighted by Gasteiger charge is 2.35. The Hall–Kier alpha value is -3.16. The van der Waals surface area contributed by atoms with E-state index in [2.05, 4.69) is 0 Å². The summed E-state index contributed by atoms with van der Waals surface area (Å²) >= 11 is 0. The number of benzene rings is 1. The molecule has 4 amide bonds. The number of likely N-dealkylation sites (N-methyl/N-ethyl adjacent to an activating group) is 1. The normalized spacial score (nSPS) is 17.2. The Kier molecular flexibility index (Phi) is 5.54. The van der Waals surface area contributed by atoms with Crippen molar-refractivity contribution in [1.29, 1.82) is 0 Å². The van der Waals surface area contributed by atoms with Gasteiger partial charge in [-0.2, -0.15) is 0 Å². The molecule has 8 heteroatoms. The van der Waals surface area contributed by atoms with E-state index in [1.165, 1.54) is 17.5 Å². The van der Waals surface area contributed by atoms with Gasteiger partial charge < -0.3 is 14.5 Å². The van der Waals surface area contributed by atoms with Gasteiger partial charge in [0.05, 0.1) is 0 Å². The van der Waals surface area contributed by atoms with Gasteiger partial charge in [0.15, 0.2) is 6.61 Å². The molecule has 0 aliphatic carbocycles. The highest BCUT2D eigenvalue weighted by Crippen LogP contribution is 2.22. The zero-order chi connectivity index (χ0) is 19.4. The number of nitrogens with zero attached hydrogens (tertiary/aromatic N) is 3. The summed E-state index contributed by atoms with van der Waals surface area (Å²) in [7, 11) is 1.47. The Bertz CT molecular complexity index is 790. The molecule has 142 valence electrons. The number of ether oxygens (including phenoxy) is 1. The minimum Gasteiger partial charge on any atom is -0.454 e. The number of amides is 4. The molecule has 27 heavy (non-hydrogen) atoms. The quantitative estimate of drug-likeness (QED) is 0.563. The van der Waals surface area contributed by atoms with Gasteiger partial charge in [-0.1, -0.05) is 36.4 Å². The van der Waals surface area contributed by atoms with E-state index < -0.39 is 31.1 Å². The largest absolute Gasteiger partial charge is 0.454 e. The molecular weight excluding hydrogens is 350 g/mol. The number of urea groups is 1. The first-order valence-electron chi connectivity index (χ1n) is 8.69. The average Bonchev–Trinajstić information content (AvgIpc) is 2.93. The maximum Gasteiger partial charge on any atom is 0.327 e. The van der Waals surface area contributed by atoms with E-state index in [1.807, 2.05) is 36.4 Å². The van der Waals surface area contributed by atoms with Crippen LogP contribution < -0.4 is 0 Å². The van der Waals surface area contributed by atoms with Crippen LogP contribution in [0.1, 0.15) is 12.0 Å². The maximum atomic E-state index is 12.2. The highest BCUT2D eigenvalue weighted by atomic mass is 16.5. The molecule has 3 rings (SSSR count). The second kappa shape index (κ2) is 8.03. The molecule has 0 bridgehead atoms. The molecule has 2 aliphatic rings. The molecule has 8 nitrogen and oxygen atoms in total. The molecule has 0 N–H and O–H groups in total. The fourth-order valence-electron chi connectivity index (χ4n) is 3.04. The van der Waals surface area contributed by atoms with E-state index in [0.717, 1.165) is 16.9 Å². The van der Waals surface area contributed by atoms with E-state index in [-0.39, 0.29) is 12.5 Å². The third kappa shape index (κ3) is 4.33. The fourth-order valence-corrected chi connectivity index (χ4v) is 3.04. The second-order valence-electron chi connectivity index (χ2n) is 6.46. The first-order valence-corrected chi connectivity index (χ1v) is 8.69. The Morgan fingerprint density at radius 2 is 1.89 bits per heavy atom. The summed E-state index contributed by atoms with van der Waals surface area (Å²) in [5.41, 5.74) is 2.33. The lowest BCUT2D eigenvalue weighted by molar-refractivity contribution is -0.153. The van der Waals surface area contributed by atoms with E-state index in [9.17, 15) is 19.2 Å². The topological polar surface area (TPSA) is 87.2 Å². The van der Waals surface area contributed by atoms with Gasteiger partial charge in [0.25, 0.3) is 11.8 Å². The molecule has 0 saturated carbocycles. The van der Waals surface area contributed by atoms with Crippen molar-refractivity contribution in [2.75, 3.05) is 39.8 Å². The predicted molar refractivity (Wildman–Crippen MR) is 96.3 cm³/mol. The first-order chi connectivity index (χ1) is 13.0. The Balaban J connectivity index is 1.46. The number of carbonyl (C=O) groups is 4. The first kappa shape index (κ1) is 18.6. The summed E-state index contributed by atoms with van der Waals surface area (Å²) < 4.78 is 4.95. The van der Waals surface area contributed by atoms with Crippen LogP contribution in [0.4, 0.5) is 4.79 Å². The number of carbonyl (C=O) groups excluding carboxylic acids is 4. The predicted octanol–water partition coefficient (Wildman–Crippen LogP) is 0.740. The van der Waals surface area contributed by atoms with Crippen LogP contribution in [0, 0.1) is 0 Å². The minimum atomic E-state index is -0.780. The monoisotopic (exact) mass is 371 g/mol. The lowest BCUT2D eigenvalue weighted by atomic mass is 10.00. The second-order valence-corrected chi connectivity index (χ2v) is 6.46. The number of rotatable bonds is 5. The Morgan fingerprint density at radius 3 is 2.48 bits per heavy atom. The van der Waals surface area contributed by atoms with Crippen LogP contribution in [0.15, 0.2) is 36.4 Å². The van der Waals surface area contributed by atoms with Crippen LogP contribution in [-0.2, 0) is 19.1 Å². The zero-order valence-corrected chi connectivity index (χ0v) is 15.1. The molecule has 2 heterocycles. The molecule has 0 radical (unpaired) electrons. The average molecular weight is 371 g/mol. The lowest BCUT2D eigenvalue weighted by Gasteiger charge is -2.26. The third-order valence-corrected chi connectivity index (χ3v) is 4.58. The van der Waals surface area contributed by atoms with Crippen molar-refractivity contribution in [1.82, 2.24) is 14.7 Å². The van der Waals surface area contributed by atoms with Crippen LogP contribution >= 0.6 is 0 Å². The smallest absolute Gasteiger partial charge is 0.327 e. The van der Waals surface area contributed by atoms with Gasteiger partial charge in [-0.05, 0) is 17.6 Å². The van der Waals surface area contributed by atoms with Crippen LogP contribution in [0.2, 0.25) is 0 Å². The van der Waals surface area contributed by atoms with Gasteiger partial charge in [-0.25, -0.2) is 4.79 Å². The standard InChI is InChI=1S/C19H21N3O5/c1-20-11-16(23)22(19(20)26)12-18(25)27-13-17(24)21-9-7-15(8-10-21)14-5-3-2-4-6-14/h2-7H,8-13H2,1H3. The number of hydrogen-bond donors (Lipinski definition) is 0. The van der Waals surface area contributed by atoms with Crippen molar-refractivity contribution >= 4 is 29.4 Å². The van der Waals surface area contributed by atoms with Crippen LogP contribution in [0.5, 0.6) is 0 Å². The van der Waals surface area contributed by atoms with Crippen molar-refractivity contribution in [2.24, 2.45) is 0 Å². The van der Waals surface area contributed by atoms with E-state index >= 15 is 0 Å². The van der Waals surface area contributed by atoms with Crippen LogP contribution in [0.3, 0.4) is 0 Å². The Labute approximate surface area is 157 Å². The summed E-state index contributed by atoms with van der Waals surface area (Å²) in [5, 5.41) is 0. The number of hydrogen-bond acceptors (Lipinski definition) is 5. The Morgan fingerprint density at radius 1 is 1.15 bits per heavy atom. The maximum absolute atomic E-state index is 12.2. The molecule has 1 aromatic rings. The van der Waals surface area contributed by atoms with Gasteiger partial charge in [0.1, 0.15) is 13.1 Å². The molecular formula is C19H21N3O5. The number of esters is 1. The fraction of sp³-hybridized carbons (Fsp3) is 0.368. The van der Waals surface area contributed by atoms with Gasteiger partial charge >= 0.3 is 12.0 Å². The molecule has 1 saturated heterocycles. The summed E-state index contributed by atoms with van der Waals surface area (Å²) in [6.45, 7) is 0.0567. The molecule has 2 aliphatic heterocycles. The van der Waals surface area contributed by atoms with Gasteiger partial charge in [-0.15, -0.1) is 0 Å². The zero-order valence-electron chi connectivity index (χ0n) is 15.1. The van der Waals surface area contributed by atoms with Crippen LogP contribution in [0.25, 0.3) is 5.57 Å². The molecule has 0 spiro atoms. The lowest BCUT2D eigenvalue weighted by Crippen LogP contribution is -2.40. The molecule has 1 fully saturated rings. The van der Waals surface area contributed by atoms with E-state index in [1.54, 1.807) is 4.90 Å². The summed E-state index contributed by atoms with van der Waals surface area (Å²) in [4.78, 5) is 51.1. The van der Waals surface area contributed by atoms with Crippen molar-refractivity contribution in [2.45, 2.75) is 6.42 Å². The third-order valence-electron chi connectivity index (χ3n) is 4.58. The van der Waals surface area contributed by atoms with Gasteiger partial charge in [0.2, 0.25) is 0 Å². The molecule has 1 aromatic carbocycles. The SMILES string of the molecule is CN1CC(=O)N(CC(=O)OCC(=O)N2CC=C(c3ccccc3)CC2)C1=O. The number of imide groups is 1. The van der Waals surface area contributed by atoms with Crippen molar-refractivity contribution in [3.63, 3.8) is 0 Å². The molecule has 0 aromatic heterocycles. The van der Waals surface area contributed by atoms with Gasteiger partial charge in [0, 0.05) is 20.1 Å². The summed E-state index contributed by atoms with van der Waals surface area (Å²) in [6.07, 6.45) is 2.72. The van der Waals surface area contributed by atoms with E-state index in [4.69, 9.17) is 4.74 Å². The molecule has 0 atom stereocenters. The van der Waals surface area contributed by atoms with Gasteiger partial charge in [-0.3, -0.25) is 19.3 Å². The summed E-state index contributed by atoms with van der Waals surface area (Å²) in [5.74, 6) is -1.54. The van der Waals surface area contributed by atoms with Crippen molar-refractivity contribution in [3.05, 3.63) is 42.0 Å².